The first kappa shape index (κ1) is 22.5. The molecule has 2 heterocycles. The monoisotopic (exact) mass is 422 g/mol. The van der Waals surface area contributed by atoms with Crippen LogP contribution in [0, 0.1) is 6.92 Å². The second-order valence-corrected chi connectivity index (χ2v) is 7.87. The van der Waals surface area contributed by atoms with Crippen LogP contribution in [0.25, 0.3) is 11.0 Å². The van der Waals surface area contributed by atoms with Gasteiger partial charge in [0.15, 0.2) is 5.65 Å². The molecule has 0 spiro atoms. The topological polar surface area (TPSA) is 86.1 Å². The van der Waals surface area contributed by atoms with Crippen molar-refractivity contribution in [2.24, 2.45) is 0 Å². The average molecular weight is 423 g/mol. The molecule has 0 radical (unpaired) electrons. The molecule has 1 N–H and O–H groups in total. The maximum atomic E-state index is 13.3. The number of fused-ring (bicyclic) bond motifs is 1. The minimum absolute atomic E-state index is 0.189. The fraction of sp³-hybridized carbons (Fsp3) is 0.417. The number of carbonyl (C=O) groups is 2. The molecule has 1 amide bonds. The number of carbonyl (C=O) groups excluding carboxylic acids is 2. The van der Waals surface area contributed by atoms with E-state index in [0.29, 0.717) is 24.1 Å². The molecule has 0 saturated carbocycles. The van der Waals surface area contributed by atoms with E-state index >= 15 is 0 Å². The van der Waals surface area contributed by atoms with E-state index in [1.54, 1.807) is 12.3 Å². The van der Waals surface area contributed by atoms with Crippen molar-refractivity contribution >= 4 is 22.9 Å². The number of hydrogen-bond acceptors (Lipinski definition) is 5. The maximum Gasteiger partial charge on any atom is 0.305 e. The average Bonchev–Trinajstić information content (AvgIpc) is 3.20. The summed E-state index contributed by atoms with van der Waals surface area (Å²) in [5.74, 6) is -0.478. The largest absolute Gasteiger partial charge is 0.469 e. The Morgan fingerprint density at radius 1 is 1.23 bits per heavy atom. The number of benzene rings is 1. The summed E-state index contributed by atoms with van der Waals surface area (Å²) >= 11 is 0. The molecule has 0 saturated heterocycles. The molecule has 3 rings (SSSR count). The number of aromatic nitrogens is 3. The molecule has 0 aliphatic carbocycles. The predicted octanol–water partition coefficient (Wildman–Crippen LogP) is 4.01. The number of pyridine rings is 1. The molecule has 7 nitrogen and oxygen atoms in total. The van der Waals surface area contributed by atoms with Gasteiger partial charge in [0.2, 0.25) is 0 Å². The van der Waals surface area contributed by atoms with E-state index in [9.17, 15) is 9.59 Å². The lowest BCUT2D eigenvalue weighted by atomic mass is 10.0. The summed E-state index contributed by atoms with van der Waals surface area (Å²) in [7, 11) is 1.37. The highest BCUT2D eigenvalue weighted by Crippen LogP contribution is 2.23. The SMILES string of the molecule is CC[C@@H](C)n1ncc2c(C(=O)N[C@@H](CCC(=O)OC)Cc3ccccc3)cc(C)nc21. The number of nitrogens with one attached hydrogen (secondary N) is 1. The number of rotatable bonds is 9. The zero-order valence-electron chi connectivity index (χ0n) is 18.6. The highest BCUT2D eigenvalue weighted by Gasteiger charge is 2.21. The Morgan fingerprint density at radius 3 is 2.65 bits per heavy atom. The highest BCUT2D eigenvalue weighted by atomic mass is 16.5. The maximum absolute atomic E-state index is 13.3. The van der Waals surface area contributed by atoms with Crippen molar-refractivity contribution in [1.29, 1.82) is 0 Å². The lowest BCUT2D eigenvalue weighted by molar-refractivity contribution is -0.140. The van der Waals surface area contributed by atoms with E-state index in [1.807, 2.05) is 41.9 Å². The number of esters is 1. The molecule has 3 aromatic rings. The molecule has 1 aromatic carbocycles. The summed E-state index contributed by atoms with van der Waals surface area (Å²) in [5, 5.41) is 8.33. The highest BCUT2D eigenvalue weighted by molar-refractivity contribution is 6.05. The number of hydrogen-bond donors (Lipinski definition) is 1. The summed E-state index contributed by atoms with van der Waals surface area (Å²) in [6.07, 6.45) is 3.99. The number of methoxy groups -OCH3 is 1. The first-order chi connectivity index (χ1) is 14.9. The summed E-state index contributed by atoms with van der Waals surface area (Å²) in [6.45, 7) is 6.05. The quantitative estimate of drug-likeness (QED) is 0.527. The van der Waals surface area contributed by atoms with Crippen LogP contribution in [0.3, 0.4) is 0 Å². The molecule has 0 aliphatic heterocycles. The molecular weight excluding hydrogens is 392 g/mol. The van der Waals surface area contributed by atoms with Crippen LogP contribution >= 0.6 is 0 Å². The van der Waals surface area contributed by atoms with E-state index in [-0.39, 0.29) is 30.4 Å². The van der Waals surface area contributed by atoms with Crippen molar-refractivity contribution in [3.05, 3.63) is 59.4 Å². The van der Waals surface area contributed by atoms with Gasteiger partial charge in [0.1, 0.15) is 0 Å². The van der Waals surface area contributed by atoms with Crippen LogP contribution in [-0.2, 0) is 16.0 Å². The number of nitrogens with zero attached hydrogens (tertiary/aromatic N) is 3. The van der Waals surface area contributed by atoms with E-state index in [2.05, 4.69) is 29.2 Å². The van der Waals surface area contributed by atoms with Crippen LogP contribution in [0.2, 0.25) is 0 Å². The van der Waals surface area contributed by atoms with E-state index in [0.717, 1.165) is 23.1 Å². The summed E-state index contributed by atoms with van der Waals surface area (Å²) in [4.78, 5) is 29.6. The Labute approximate surface area is 182 Å². The van der Waals surface area contributed by atoms with Crippen molar-refractivity contribution in [3.63, 3.8) is 0 Å². The van der Waals surface area contributed by atoms with Crippen LogP contribution in [-0.4, -0.2) is 39.8 Å². The summed E-state index contributed by atoms with van der Waals surface area (Å²) in [6, 6.07) is 11.7. The first-order valence-corrected chi connectivity index (χ1v) is 10.7. The molecule has 2 aromatic heterocycles. The summed E-state index contributed by atoms with van der Waals surface area (Å²) < 4.78 is 6.65. The third-order valence-corrected chi connectivity index (χ3v) is 5.53. The predicted molar refractivity (Wildman–Crippen MR) is 120 cm³/mol. The van der Waals surface area contributed by atoms with Gasteiger partial charge in [0.25, 0.3) is 5.91 Å². The van der Waals surface area contributed by atoms with E-state index in [4.69, 9.17) is 4.74 Å². The third kappa shape index (κ3) is 5.48. The normalized spacial score (nSPS) is 13.0. The molecule has 0 unspecified atom stereocenters. The fourth-order valence-electron chi connectivity index (χ4n) is 3.61. The molecule has 7 heteroatoms. The van der Waals surface area contributed by atoms with Gasteiger partial charge in [0.05, 0.1) is 30.3 Å². The Kier molecular flexibility index (Phi) is 7.39. The molecule has 0 bridgehead atoms. The van der Waals surface area contributed by atoms with Gasteiger partial charge in [-0.2, -0.15) is 5.10 Å². The van der Waals surface area contributed by atoms with Crippen molar-refractivity contribution < 1.29 is 14.3 Å². The van der Waals surface area contributed by atoms with Crippen LogP contribution in [0.1, 0.15) is 60.8 Å². The van der Waals surface area contributed by atoms with Gasteiger partial charge < -0.3 is 10.1 Å². The molecule has 164 valence electrons. The van der Waals surface area contributed by atoms with Crippen molar-refractivity contribution in [1.82, 2.24) is 20.1 Å². The molecule has 0 fully saturated rings. The van der Waals surface area contributed by atoms with Gasteiger partial charge in [-0.25, -0.2) is 9.67 Å². The smallest absolute Gasteiger partial charge is 0.305 e. The Bertz CT molecular complexity index is 1050. The van der Waals surface area contributed by atoms with Crippen molar-refractivity contribution in [3.8, 4) is 0 Å². The van der Waals surface area contributed by atoms with Gasteiger partial charge in [0, 0.05) is 18.2 Å². The Balaban J connectivity index is 1.87. The lowest BCUT2D eigenvalue weighted by Gasteiger charge is -2.19. The zero-order chi connectivity index (χ0) is 22.4. The van der Waals surface area contributed by atoms with Crippen molar-refractivity contribution in [2.45, 2.75) is 58.5 Å². The Hall–Kier alpha value is -3.22. The van der Waals surface area contributed by atoms with E-state index in [1.165, 1.54) is 7.11 Å². The van der Waals surface area contributed by atoms with Gasteiger partial charge in [-0.1, -0.05) is 37.3 Å². The molecular formula is C24H30N4O3. The lowest BCUT2D eigenvalue weighted by Crippen LogP contribution is -2.37. The number of ether oxygens (including phenoxy) is 1. The third-order valence-electron chi connectivity index (χ3n) is 5.53. The second kappa shape index (κ2) is 10.2. The second-order valence-electron chi connectivity index (χ2n) is 7.87. The standard InChI is InChI=1S/C24H30N4O3/c1-5-17(3)28-23-21(15-25-28)20(13-16(2)26-23)24(30)27-19(11-12-22(29)31-4)14-18-9-7-6-8-10-18/h6-10,13,15,17,19H,5,11-12,14H2,1-4H3,(H,27,30)/t17-,19+/m1/s1. The zero-order valence-corrected chi connectivity index (χ0v) is 18.6. The molecule has 31 heavy (non-hydrogen) atoms. The minimum atomic E-state index is -0.288. The van der Waals surface area contributed by atoms with Crippen LogP contribution in [0.15, 0.2) is 42.6 Å². The van der Waals surface area contributed by atoms with Crippen LogP contribution < -0.4 is 5.32 Å². The summed E-state index contributed by atoms with van der Waals surface area (Å²) in [5.41, 5.74) is 3.12. The fourth-order valence-corrected chi connectivity index (χ4v) is 3.61. The van der Waals surface area contributed by atoms with E-state index < -0.39 is 0 Å². The number of aryl methyl sites for hydroxylation is 1. The van der Waals surface area contributed by atoms with Crippen LogP contribution in [0.5, 0.6) is 0 Å². The van der Waals surface area contributed by atoms with Crippen molar-refractivity contribution in [2.75, 3.05) is 7.11 Å². The van der Waals surface area contributed by atoms with Crippen LogP contribution in [0.4, 0.5) is 0 Å². The minimum Gasteiger partial charge on any atom is -0.469 e. The van der Waals surface area contributed by atoms with Gasteiger partial charge in [-0.15, -0.1) is 0 Å². The molecule has 0 aliphatic rings. The van der Waals surface area contributed by atoms with Gasteiger partial charge in [-0.05, 0) is 44.7 Å². The Morgan fingerprint density at radius 2 is 1.97 bits per heavy atom. The molecule has 2 atom stereocenters. The first-order valence-electron chi connectivity index (χ1n) is 10.7. The number of amides is 1. The van der Waals surface area contributed by atoms with Gasteiger partial charge >= 0.3 is 5.97 Å². The van der Waals surface area contributed by atoms with Gasteiger partial charge in [-0.3, -0.25) is 9.59 Å².